The number of thiophene rings is 1. The zero-order valence-electron chi connectivity index (χ0n) is 10.5. The highest BCUT2D eigenvalue weighted by molar-refractivity contribution is 9.10. The van der Waals surface area contributed by atoms with E-state index in [0.29, 0.717) is 5.56 Å². The first-order chi connectivity index (χ1) is 8.99. The third kappa shape index (κ3) is 3.22. The Bertz CT molecular complexity index is 611. The summed E-state index contributed by atoms with van der Waals surface area (Å²) in [4.78, 5) is 14.4. The number of benzene rings is 1. The minimum Gasteiger partial charge on any atom is -0.345 e. The Morgan fingerprint density at radius 3 is 2.74 bits per heavy atom. The number of amides is 1. The standard InChI is InChI=1S/C14H13BrFNOS/c1-8-6-7-12(19-8)9(2)17-14(18)10-4-3-5-11(16)13(10)15/h3-7,9H,1-2H3,(H,17,18). The highest BCUT2D eigenvalue weighted by Crippen LogP contribution is 2.24. The molecule has 0 fully saturated rings. The van der Waals surface area contributed by atoms with E-state index < -0.39 is 5.82 Å². The predicted molar refractivity (Wildman–Crippen MR) is 79.0 cm³/mol. The van der Waals surface area contributed by atoms with Gasteiger partial charge in [-0.3, -0.25) is 4.79 Å². The second-order valence-corrected chi connectivity index (χ2v) is 6.36. The Morgan fingerprint density at radius 1 is 1.37 bits per heavy atom. The van der Waals surface area contributed by atoms with Gasteiger partial charge in [-0.25, -0.2) is 4.39 Å². The van der Waals surface area contributed by atoms with Gasteiger partial charge >= 0.3 is 0 Å². The lowest BCUT2D eigenvalue weighted by Crippen LogP contribution is -2.26. The Morgan fingerprint density at radius 2 is 2.11 bits per heavy atom. The lowest BCUT2D eigenvalue weighted by atomic mass is 10.2. The van der Waals surface area contributed by atoms with Crippen molar-refractivity contribution in [2.45, 2.75) is 19.9 Å². The van der Waals surface area contributed by atoms with Crippen LogP contribution < -0.4 is 5.32 Å². The van der Waals surface area contributed by atoms with Crippen molar-refractivity contribution >= 4 is 33.2 Å². The average Bonchev–Trinajstić information content (AvgIpc) is 2.79. The molecule has 0 aliphatic heterocycles. The van der Waals surface area contributed by atoms with Crippen molar-refractivity contribution in [3.8, 4) is 0 Å². The lowest BCUT2D eigenvalue weighted by Gasteiger charge is -2.13. The van der Waals surface area contributed by atoms with E-state index in [1.165, 1.54) is 17.0 Å². The van der Waals surface area contributed by atoms with Crippen LogP contribution in [0.5, 0.6) is 0 Å². The third-order valence-corrected chi connectivity index (χ3v) is 4.72. The van der Waals surface area contributed by atoms with Crippen molar-refractivity contribution in [1.82, 2.24) is 5.32 Å². The van der Waals surface area contributed by atoms with Crippen LogP contribution in [0.3, 0.4) is 0 Å². The van der Waals surface area contributed by atoms with Gasteiger partial charge in [-0.1, -0.05) is 6.07 Å². The first kappa shape index (κ1) is 14.2. The normalized spacial score (nSPS) is 12.2. The largest absolute Gasteiger partial charge is 0.345 e. The van der Waals surface area contributed by atoms with Gasteiger partial charge < -0.3 is 5.32 Å². The molecule has 2 rings (SSSR count). The van der Waals surface area contributed by atoms with Crippen LogP contribution in [-0.4, -0.2) is 5.91 Å². The Labute approximate surface area is 123 Å². The molecule has 0 saturated carbocycles. The summed E-state index contributed by atoms with van der Waals surface area (Å²) in [5.41, 5.74) is 0.306. The number of aryl methyl sites for hydroxylation is 1. The molecule has 2 nitrogen and oxygen atoms in total. The maximum atomic E-state index is 13.4. The Kier molecular flexibility index (Phi) is 4.37. The molecule has 1 atom stereocenters. The minimum atomic E-state index is -0.438. The molecule has 0 saturated heterocycles. The van der Waals surface area contributed by atoms with Gasteiger partial charge in [0, 0.05) is 9.75 Å². The molecule has 0 aliphatic rings. The lowest BCUT2D eigenvalue weighted by molar-refractivity contribution is 0.0939. The number of hydrogen-bond acceptors (Lipinski definition) is 2. The van der Waals surface area contributed by atoms with Crippen LogP contribution in [0.2, 0.25) is 0 Å². The highest BCUT2D eigenvalue weighted by Gasteiger charge is 2.16. The van der Waals surface area contributed by atoms with Gasteiger partial charge in [0.15, 0.2) is 0 Å². The summed E-state index contributed by atoms with van der Waals surface area (Å²) in [5.74, 6) is -0.725. The monoisotopic (exact) mass is 341 g/mol. The van der Waals surface area contributed by atoms with E-state index in [2.05, 4.69) is 21.2 Å². The molecule has 1 aromatic heterocycles. The summed E-state index contributed by atoms with van der Waals surface area (Å²) in [6.45, 7) is 3.93. The van der Waals surface area contributed by atoms with E-state index in [0.717, 1.165) is 4.88 Å². The molecule has 1 N–H and O–H groups in total. The van der Waals surface area contributed by atoms with Crippen molar-refractivity contribution in [3.05, 3.63) is 55.9 Å². The average molecular weight is 342 g/mol. The topological polar surface area (TPSA) is 29.1 Å². The van der Waals surface area contributed by atoms with Gasteiger partial charge in [0.25, 0.3) is 5.91 Å². The fourth-order valence-corrected chi connectivity index (χ4v) is 3.03. The number of carbonyl (C=O) groups is 1. The molecule has 0 bridgehead atoms. The van der Waals surface area contributed by atoms with E-state index in [-0.39, 0.29) is 16.4 Å². The maximum Gasteiger partial charge on any atom is 0.253 e. The van der Waals surface area contributed by atoms with E-state index in [9.17, 15) is 9.18 Å². The van der Waals surface area contributed by atoms with Gasteiger partial charge in [-0.2, -0.15) is 0 Å². The molecule has 0 radical (unpaired) electrons. The van der Waals surface area contributed by atoms with Crippen LogP contribution in [0, 0.1) is 12.7 Å². The molecular formula is C14H13BrFNOS. The summed E-state index contributed by atoms with van der Waals surface area (Å²) < 4.78 is 13.6. The highest BCUT2D eigenvalue weighted by atomic mass is 79.9. The number of carbonyl (C=O) groups excluding carboxylic acids is 1. The zero-order valence-corrected chi connectivity index (χ0v) is 12.9. The summed E-state index contributed by atoms with van der Waals surface area (Å²) in [6.07, 6.45) is 0. The minimum absolute atomic E-state index is 0.0960. The van der Waals surface area contributed by atoms with Crippen LogP contribution in [0.25, 0.3) is 0 Å². The van der Waals surface area contributed by atoms with Crippen LogP contribution in [-0.2, 0) is 0 Å². The summed E-state index contributed by atoms with van der Waals surface area (Å²) in [5, 5.41) is 2.87. The molecule has 0 aliphatic carbocycles. The van der Waals surface area contributed by atoms with E-state index in [1.807, 2.05) is 26.0 Å². The molecule has 5 heteroatoms. The van der Waals surface area contributed by atoms with E-state index in [4.69, 9.17) is 0 Å². The first-order valence-corrected chi connectivity index (χ1v) is 7.41. The van der Waals surface area contributed by atoms with Crippen molar-refractivity contribution in [2.24, 2.45) is 0 Å². The summed E-state index contributed by atoms with van der Waals surface area (Å²) >= 11 is 4.74. The van der Waals surface area contributed by atoms with Crippen LogP contribution >= 0.6 is 27.3 Å². The molecule has 19 heavy (non-hydrogen) atoms. The van der Waals surface area contributed by atoms with Crippen molar-refractivity contribution in [1.29, 1.82) is 0 Å². The van der Waals surface area contributed by atoms with Gasteiger partial charge in [-0.15, -0.1) is 11.3 Å². The van der Waals surface area contributed by atoms with Crippen molar-refractivity contribution in [2.75, 3.05) is 0 Å². The third-order valence-electron chi connectivity index (χ3n) is 2.73. The van der Waals surface area contributed by atoms with Gasteiger partial charge in [0.2, 0.25) is 0 Å². The van der Waals surface area contributed by atoms with E-state index in [1.54, 1.807) is 17.4 Å². The Hall–Kier alpha value is -1.20. The molecule has 2 aromatic rings. The number of halogens is 2. The van der Waals surface area contributed by atoms with Crippen LogP contribution in [0.4, 0.5) is 4.39 Å². The summed E-state index contributed by atoms with van der Waals surface area (Å²) in [6, 6.07) is 8.34. The van der Waals surface area contributed by atoms with Gasteiger partial charge in [-0.05, 0) is 54.0 Å². The zero-order chi connectivity index (χ0) is 14.0. The number of nitrogens with one attached hydrogen (secondary N) is 1. The second-order valence-electron chi connectivity index (χ2n) is 4.24. The SMILES string of the molecule is Cc1ccc(C(C)NC(=O)c2cccc(F)c2Br)s1. The Balaban J connectivity index is 2.15. The van der Waals surface area contributed by atoms with E-state index >= 15 is 0 Å². The molecule has 1 amide bonds. The quantitative estimate of drug-likeness (QED) is 0.877. The molecule has 1 aromatic carbocycles. The predicted octanol–water partition coefficient (Wildman–Crippen LogP) is 4.45. The molecule has 100 valence electrons. The fraction of sp³-hybridized carbons (Fsp3) is 0.214. The molecule has 1 heterocycles. The van der Waals surface area contributed by atoms with Crippen molar-refractivity contribution in [3.63, 3.8) is 0 Å². The molecule has 0 spiro atoms. The van der Waals surface area contributed by atoms with Crippen LogP contribution in [0.15, 0.2) is 34.8 Å². The second kappa shape index (κ2) is 5.84. The maximum absolute atomic E-state index is 13.4. The van der Waals surface area contributed by atoms with Gasteiger partial charge in [0.1, 0.15) is 5.82 Å². The fourth-order valence-electron chi connectivity index (χ4n) is 1.71. The number of rotatable bonds is 3. The molecule has 1 unspecified atom stereocenters. The smallest absolute Gasteiger partial charge is 0.253 e. The summed E-state index contributed by atoms with van der Waals surface area (Å²) in [7, 11) is 0. The number of hydrogen-bond donors (Lipinski definition) is 1. The van der Waals surface area contributed by atoms with Crippen molar-refractivity contribution < 1.29 is 9.18 Å². The first-order valence-electron chi connectivity index (χ1n) is 5.80. The van der Waals surface area contributed by atoms with Crippen LogP contribution in [0.1, 0.15) is 33.1 Å². The van der Waals surface area contributed by atoms with Gasteiger partial charge in [0.05, 0.1) is 16.1 Å². The molecular weight excluding hydrogens is 329 g/mol.